The molecule has 0 aliphatic heterocycles. The van der Waals surface area contributed by atoms with E-state index in [-0.39, 0.29) is 11.4 Å². The molecular formula is C17H24N2O3S2. The highest BCUT2D eigenvalue weighted by atomic mass is 32.2. The first-order chi connectivity index (χ1) is 11.3. The number of hydrogen-bond acceptors (Lipinski definition) is 4. The Morgan fingerprint density at radius 1 is 1.17 bits per heavy atom. The van der Waals surface area contributed by atoms with E-state index < -0.39 is 10.0 Å². The van der Waals surface area contributed by atoms with Crippen molar-refractivity contribution in [3.63, 3.8) is 0 Å². The molecule has 1 amide bonds. The molecule has 4 fully saturated rings. The summed E-state index contributed by atoms with van der Waals surface area (Å²) in [6, 6.07) is 3.44. The van der Waals surface area contributed by atoms with Crippen LogP contribution in [0.1, 0.15) is 50.3 Å². The van der Waals surface area contributed by atoms with E-state index in [0.717, 1.165) is 24.1 Å². The van der Waals surface area contributed by atoms with Crippen LogP contribution in [-0.4, -0.2) is 19.9 Å². The molecular weight excluding hydrogens is 344 g/mol. The fourth-order valence-corrected chi connectivity index (χ4v) is 8.11. The predicted molar refractivity (Wildman–Crippen MR) is 93.1 cm³/mol. The molecule has 132 valence electrons. The summed E-state index contributed by atoms with van der Waals surface area (Å²) in [5.74, 6) is 2.01. The Kier molecular flexibility index (Phi) is 4.01. The van der Waals surface area contributed by atoms with Gasteiger partial charge in [0, 0.05) is 17.3 Å². The average molecular weight is 369 g/mol. The lowest BCUT2D eigenvalue weighted by Gasteiger charge is -2.56. The lowest BCUT2D eigenvalue weighted by Crippen LogP contribution is -2.59. The van der Waals surface area contributed by atoms with Crippen LogP contribution < -0.4 is 10.0 Å². The normalized spacial score (nSPS) is 34.5. The highest BCUT2D eigenvalue weighted by Crippen LogP contribution is 2.56. The van der Waals surface area contributed by atoms with Gasteiger partial charge in [-0.1, -0.05) is 0 Å². The van der Waals surface area contributed by atoms with Crippen LogP contribution in [0.4, 0.5) is 0 Å². The first-order valence-electron chi connectivity index (χ1n) is 8.71. The predicted octanol–water partition coefficient (Wildman–Crippen LogP) is 2.63. The molecule has 0 aromatic carbocycles. The van der Waals surface area contributed by atoms with Gasteiger partial charge < -0.3 is 5.32 Å². The van der Waals surface area contributed by atoms with Crippen molar-refractivity contribution in [3.05, 3.63) is 17.0 Å². The lowest BCUT2D eigenvalue weighted by molar-refractivity contribution is -0.119. The minimum absolute atomic E-state index is 0.112. The number of carbonyl (C=O) groups excluding carboxylic acids is 1. The second kappa shape index (κ2) is 5.81. The molecule has 2 N–H and O–H groups in total. The van der Waals surface area contributed by atoms with Gasteiger partial charge in [-0.2, -0.15) is 0 Å². The summed E-state index contributed by atoms with van der Waals surface area (Å²) in [7, 11) is -3.48. The first-order valence-corrected chi connectivity index (χ1v) is 11.0. The number of rotatable bonds is 5. The zero-order chi connectivity index (χ0) is 16.9. The molecule has 0 unspecified atom stereocenters. The number of nitrogens with one attached hydrogen (secondary N) is 2. The summed E-state index contributed by atoms with van der Waals surface area (Å²) in [6.07, 6.45) is 6.88. The van der Waals surface area contributed by atoms with Gasteiger partial charge in [0.1, 0.15) is 4.21 Å². The number of amides is 1. The molecule has 4 saturated carbocycles. The van der Waals surface area contributed by atoms with Gasteiger partial charge in [-0.15, -0.1) is 11.3 Å². The Morgan fingerprint density at radius 2 is 1.75 bits per heavy atom. The standard InChI is InChI=1S/C17H24N2O3S2/c1-11(20)18-10-15-2-3-16(23-15)24(21,22)19-17-7-12-4-13(8-17)6-14(5-12)9-17/h2-3,12-14,19H,4-10H2,1H3,(H,18,20). The number of hydrogen-bond donors (Lipinski definition) is 2. The molecule has 0 radical (unpaired) electrons. The van der Waals surface area contributed by atoms with Crippen molar-refractivity contribution in [1.82, 2.24) is 10.0 Å². The molecule has 0 atom stereocenters. The van der Waals surface area contributed by atoms with Crippen molar-refractivity contribution in [3.8, 4) is 0 Å². The van der Waals surface area contributed by atoms with Gasteiger partial charge in [0.05, 0.1) is 6.54 Å². The maximum absolute atomic E-state index is 12.9. The lowest BCUT2D eigenvalue weighted by atomic mass is 9.53. The Hall–Kier alpha value is -0.920. The fraction of sp³-hybridized carbons (Fsp3) is 0.706. The zero-order valence-electron chi connectivity index (χ0n) is 13.9. The van der Waals surface area contributed by atoms with Crippen molar-refractivity contribution in [2.45, 2.75) is 61.7 Å². The summed E-state index contributed by atoms with van der Waals surface area (Å²) in [6.45, 7) is 1.84. The largest absolute Gasteiger partial charge is 0.351 e. The molecule has 5 nitrogen and oxygen atoms in total. The van der Waals surface area contributed by atoms with Gasteiger partial charge in [0.15, 0.2) is 0 Å². The van der Waals surface area contributed by atoms with E-state index in [2.05, 4.69) is 10.0 Å². The topological polar surface area (TPSA) is 75.3 Å². The molecule has 1 aromatic rings. The molecule has 4 aliphatic rings. The van der Waals surface area contributed by atoms with E-state index in [9.17, 15) is 13.2 Å². The van der Waals surface area contributed by atoms with Gasteiger partial charge in [0.25, 0.3) is 10.0 Å². The summed E-state index contributed by atoms with van der Waals surface area (Å²) < 4.78 is 29.2. The van der Waals surface area contributed by atoms with Crippen LogP contribution in [0.5, 0.6) is 0 Å². The average Bonchev–Trinajstić information content (AvgIpc) is 2.92. The number of carbonyl (C=O) groups is 1. The maximum Gasteiger partial charge on any atom is 0.250 e. The third-order valence-electron chi connectivity index (χ3n) is 5.80. The van der Waals surface area contributed by atoms with Crippen LogP contribution in [0.3, 0.4) is 0 Å². The number of thiophene rings is 1. The van der Waals surface area contributed by atoms with Crippen molar-refractivity contribution < 1.29 is 13.2 Å². The summed E-state index contributed by atoms with van der Waals surface area (Å²) >= 11 is 1.25. The van der Waals surface area contributed by atoms with Crippen LogP contribution in [0.2, 0.25) is 0 Å². The van der Waals surface area contributed by atoms with Crippen LogP contribution in [0.15, 0.2) is 16.3 Å². The zero-order valence-corrected chi connectivity index (χ0v) is 15.5. The Balaban J connectivity index is 1.50. The van der Waals surface area contributed by atoms with Gasteiger partial charge in [0.2, 0.25) is 5.91 Å². The van der Waals surface area contributed by atoms with Crippen LogP contribution in [0.25, 0.3) is 0 Å². The van der Waals surface area contributed by atoms with E-state index in [1.807, 2.05) is 0 Å². The molecule has 4 bridgehead atoms. The van der Waals surface area contributed by atoms with Crippen LogP contribution in [-0.2, 0) is 21.4 Å². The second-order valence-electron chi connectivity index (χ2n) is 7.93. The molecule has 0 saturated heterocycles. The molecule has 4 aliphatic carbocycles. The minimum atomic E-state index is -3.48. The molecule has 7 heteroatoms. The van der Waals surface area contributed by atoms with Gasteiger partial charge in [-0.05, 0) is 68.4 Å². The van der Waals surface area contributed by atoms with Crippen LogP contribution in [0, 0.1) is 17.8 Å². The second-order valence-corrected chi connectivity index (χ2v) is 11.0. The molecule has 0 spiro atoms. The third kappa shape index (κ3) is 3.13. The molecule has 5 rings (SSSR count). The highest BCUT2D eigenvalue weighted by Gasteiger charge is 2.52. The Bertz CT molecular complexity index is 718. The summed E-state index contributed by atoms with van der Waals surface area (Å²) in [5, 5.41) is 2.71. The molecule has 1 heterocycles. The van der Waals surface area contributed by atoms with E-state index >= 15 is 0 Å². The van der Waals surface area contributed by atoms with E-state index in [1.54, 1.807) is 12.1 Å². The first kappa shape index (κ1) is 16.5. The number of sulfonamides is 1. The third-order valence-corrected chi connectivity index (χ3v) is 8.96. The Morgan fingerprint density at radius 3 is 2.29 bits per heavy atom. The van der Waals surface area contributed by atoms with Gasteiger partial charge in [-0.25, -0.2) is 13.1 Å². The van der Waals surface area contributed by atoms with Crippen molar-refractivity contribution >= 4 is 27.3 Å². The van der Waals surface area contributed by atoms with Crippen molar-refractivity contribution in [2.75, 3.05) is 0 Å². The quantitative estimate of drug-likeness (QED) is 0.839. The monoisotopic (exact) mass is 368 g/mol. The van der Waals surface area contributed by atoms with E-state index in [0.29, 0.717) is 28.5 Å². The highest BCUT2D eigenvalue weighted by molar-refractivity contribution is 7.91. The van der Waals surface area contributed by atoms with Crippen LogP contribution >= 0.6 is 11.3 Å². The van der Waals surface area contributed by atoms with Crippen molar-refractivity contribution in [1.29, 1.82) is 0 Å². The van der Waals surface area contributed by atoms with Gasteiger partial charge >= 0.3 is 0 Å². The van der Waals surface area contributed by atoms with E-state index in [1.165, 1.54) is 37.5 Å². The summed E-state index contributed by atoms with van der Waals surface area (Å²) in [5.41, 5.74) is -0.213. The SMILES string of the molecule is CC(=O)NCc1ccc(S(=O)(=O)NC23CC4CC(CC(C4)C2)C3)s1. The summed E-state index contributed by atoms with van der Waals surface area (Å²) in [4.78, 5) is 11.9. The fourth-order valence-electron chi connectivity index (χ4n) is 5.38. The van der Waals surface area contributed by atoms with Gasteiger partial charge in [-0.3, -0.25) is 4.79 Å². The maximum atomic E-state index is 12.9. The Labute approximate surface area is 147 Å². The minimum Gasteiger partial charge on any atom is -0.351 e. The molecule has 24 heavy (non-hydrogen) atoms. The smallest absolute Gasteiger partial charge is 0.250 e. The van der Waals surface area contributed by atoms with Crippen molar-refractivity contribution in [2.24, 2.45) is 17.8 Å². The molecule has 1 aromatic heterocycles. The van der Waals surface area contributed by atoms with E-state index in [4.69, 9.17) is 0 Å².